The molecule has 0 radical (unpaired) electrons. The van der Waals surface area contributed by atoms with E-state index in [1.54, 1.807) is 39.2 Å². The van der Waals surface area contributed by atoms with Crippen molar-refractivity contribution in [1.82, 2.24) is 5.10 Å². The highest BCUT2D eigenvalue weighted by molar-refractivity contribution is 7.85. The van der Waals surface area contributed by atoms with Crippen LogP contribution < -0.4 is 15.4 Å². The highest BCUT2D eigenvalue weighted by Gasteiger charge is 2.09. The van der Waals surface area contributed by atoms with Crippen molar-refractivity contribution in [3.05, 3.63) is 46.6 Å². The number of hydrogen-bond donors (Lipinski definition) is 1. The van der Waals surface area contributed by atoms with Crippen LogP contribution in [0.25, 0.3) is 0 Å². The van der Waals surface area contributed by atoms with Crippen LogP contribution in [0.15, 0.2) is 29.2 Å². The first-order valence-corrected chi connectivity index (χ1v) is 8.20. The van der Waals surface area contributed by atoms with Crippen molar-refractivity contribution >= 4 is 10.1 Å². The molecule has 0 bridgehead atoms. The maximum Gasteiger partial charge on any atom is 0.281 e. The van der Waals surface area contributed by atoms with Gasteiger partial charge in [0.1, 0.15) is 10.1 Å². The maximum absolute atomic E-state index is 10.8. The monoisotopic (exact) mass is 339 g/mol. The van der Waals surface area contributed by atoms with Gasteiger partial charge >= 0.3 is 0 Å². The topological polar surface area (TPSA) is 109 Å². The molecule has 0 saturated heterocycles. The lowest BCUT2D eigenvalue weighted by atomic mass is 10.1. The van der Waals surface area contributed by atoms with Gasteiger partial charge in [0.05, 0.1) is 17.1 Å². The summed E-state index contributed by atoms with van der Waals surface area (Å²) >= 11 is 0. The Bertz CT molecular complexity index is 781. The van der Waals surface area contributed by atoms with E-state index in [1.165, 1.54) is 4.79 Å². The second-order valence-corrected chi connectivity index (χ2v) is 6.46. The molecule has 0 atom stereocenters. The lowest BCUT2D eigenvalue weighted by molar-refractivity contribution is -0.706. The zero-order chi connectivity index (χ0) is 17.8. The zero-order valence-electron chi connectivity index (χ0n) is 13.8. The molecule has 0 aliphatic rings. The molecule has 1 heterocycles. The van der Waals surface area contributed by atoms with Crippen LogP contribution in [0.5, 0.6) is 5.88 Å². The van der Waals surface area contributed by atoms with Gasteiger partial charge in [-0.2, -0.15) is 5.84 Å². The van der Waals surface area contributed by atoms with E-state index in [9.17, 15) is 13.0 Å². The van der Waals surface area contributed by atoms with Crippen molar-refractivity contribution in [3.8, 4) is 5.88 Å². The van der Waals surface area contributed by atoms with Gasteiger partial charge in [0.15, 0.2) is 0 Å². The highest BCUT2D eigenvalue weighted by Crippen LogP contribution is 2.20. The molecule has 8 heteroatoms. The molecule has 1 aromatic carbocycles. The molecule has 2 N–H and O–H groups in total. The Morgan fingerprint density at radius 2 is 1.65 bits per heavy atom. The lowest BCUT2D eigenvalue weighted by Crippen LogP contribution is -2.50. The van der Waals surface area contributed by atoms with Crippen LogP contribution >= 0.6 is 0 Å². The second-order valence-electron chi connectivity index (χ2n) is 5.14. The summed E-state index contributed by atoms with van der Waals surface area (Å²) < 4.78 is 37.3. The molecule has 1 aromatic heterocycles. The number of ether oxygens (including phenoxy) is 1. The van der Waals surface area contributed by atoms with Gasteiger partial charge in [-0.15, -0.1) is 0 Å². The standard InChI is InChI=1S/C9H12O3S.C6H10N3O/c1-6-4-7(2)9(8(3)5-6)13(10,11)12;1-5-3-4-6(10-2)8-9(5)7/h4-5H,1-3H3,(H,10,11,12);3-4H,1-2H3,(H2,7,8)/q;+1/p-1. The summed E-state index contributed by atoms with van der Waals surface area (Å²) in [6.07, 6.45) is 0. The number of rotatable bonds is 2. The van der Waals surface area contributed by atoms with E-state index in [0.29, 0.717) is 17.0 Å². The largest absolute Gasteiger partial charge is 0.744 e. The average molecular weight is 339 g/mol. The SMILES string of the molecule is COc1ccc(C)[n+](N)n1.Cc1cc(C)c(S(=O)(=O)[O-])c(C)c1. The fraction of sp³-hybridized carbons (Fsp3) is 0.333. The van der Waals surface area contributed by atoms with Crippen molar-refractivity contribution in [3.63, 3.8) is 0 Å². The summed E-state index contributed by atoms with van der Waals surface area (Å²) in [5.74, 6) is 5.94. The second kappa shape index (κ2) is 7.38. The molecule has 2 aromatic rings. The van der Waals surface area contributed by atoms with Gasteiger partial charge in [-0.05, 0) is 31.9 Å². The molecule has 2 rings (SSSR count). The Morgan fingerprint density at radius 3 is 2.04 bits per heavy atom. The molecule has 0 aliphatic carbocycles. The van der Waals surface area contributed by atoms with E-state index in [-0.39, 0.29) is 4.90 Å². The summed E-state index contributed by atoms with van der Waals surface area (Å²) in [4.78, 5) is 1.19. The van der Waals surface area contributed by atoms with Gasteiger partial charge in [-0.1, -0.05) is 17.7 Å². The molecule has 0 aliphatic heterocycles. The minimum Gasteiger partial charge on any atom is -0.744 e. The first-order chi connectivity index (χ1) is 10.6. The van der Waals surface area contributed by atoms with Crippen LogP contribution in [0.2, 0.25) is 0 Å². The molecule has 0 fully saturated rings. The van der Waals surface area contributed by atoms with Gasteiger partial charge in [0.25, 0.3) is 5.88 Å². The summed E-state index contributed by atoms with van der Waals surface area (Å²) in [6, 6.07) is 6.99. The van der Waals surface area contributed by atoms with Crippen LogP contribution in [0.1, 0.15) is 22.4 Å². The lowest BCUT2D eigenvalue weighted by Gasteiger charge is -2.14. The Kier molecular flexibility index (Phi) is 6.05. The number of aryl methyl sites for hydroxylation is 4. The normalized spacial score (nSPS) is 10.7. The highest BCUT2D eigenvalue weighted by atomic mass is 32.2. The maximum atomic E-state index is 10.8. The van der Waals surface area contributed by atoms with Gasteiger partial charge < -0.3 is 9.29 Å². The van der Waals surface area contributed by atoms with Gasteiger partial charge in [-0.3, -0.25) is 0 Å². The van der Waals surface area contributed by atoms with Crippen LogP contribution in [0.4, 0.5) is 0 Å². The van der Waals surface area contributed by atoms with Crippen molar-refractivity contribution in [2.75, 3.05) is 13.0 Å². The average Bonchev–Trinajstić information content (AvgIpc) is 2.39. The summed E-state index contributed by atoms with van der Waals surface area (Å²) in [5, 5.41) is 3.86. The molecule has 126 valence electrons. The van der Waals surface area contributed by atoms with Gasteiger partial charge in [0.2, 0.25) is 5.69 Å². The molecular formula is C15H21N3O4S. The smallest absolute Gasteiger partial charge is 0.281 e. The first kappa shape index (κ1) is 18.9. The number of benzene rings is 1. The van der Waals surface area contributed by atoms with Crippen molar-refractivity contribution in [1.29, 1.82) is 0 Å². The number of nitrogens with zero attached hydrogens (tertiary/aromatic N) is 2. The summed E-state index contributed by atoms with van der Waals surface area (Å²) in [7, 11) is -2.78. The number of nitrogens with two attached hydrogens (primary N) is 1. The van der Waals surface area contributed by atoms with Crippen LogP contribution in [0.3, 0.4) is 0 Å². The third-order valence-electron chi connectivity index (χ3n) is 3.10. The quantitative estimate of drug-likeness (QED) is 0.495. The van der Waals surface area contributed by atoms with E-state index in [1.807, 2.05) is 19.9 Å². The minimum atomic E-state index is -4.33. The molecule has 7 nitrogen and oxygen atoms in total. The summed E-state index contributed by atoms with van der Waals surface area (Å²) in [5.41, 5.74) is 2.89. The van der Waals surface area contributed by atoms with E-state index < -0.39 is 10.1 Å². The third-order valence-corrected chi connectivity index (χ3v) is 4.24. The van der Waals surface area contributed by atoms with E-state index in [4.69, 9.17) is 10.6 Å². The fourth-order valence-corrected chi connectivity index (χ4v) is 3.06. The number of hydrogen-bond acceptors (Lipinski definition) is 6. The summed E-state index contributed by atoms with van der Waals surface area (Å²) in [6.45, 7) is 6.99. The number of methoxy groups -OCH3 is 1. The molecule has 0 spiro atoms. The minimum absolute atomic E-state index is 0.0851. The Labute approximate surface area is 136 Å². The molecule has 0 amide bonds. The first-order valence-electron chi connectivity index (χ1n) is 6.79. The van der Waals surface area contributed by atoms with Crippen LogP contribution in [0, 0.1) is 27.7 Å². The third kappa shape index (κ3) is 5.19. The molecular weight excluding hydrogens is 318 g/mol. The van der Waals surface area contributed by atoms with Gasteiger partial charge in [-0.25, -0.2) is 8.42 Å². The van der Waals surface area contributed by atoms with Crippen LogP contribution in [-0.2, 0) is 10.1 Å². The Morgan fingerprint density at radius 1 is 1.13 bits per heavy atom. The Hall–Kier alpha value is -2.19. The Balaban J connectivity index is 0.000000238. The van der Waals surface area contributed by atoms with E-state index in [2.05, 4.69) is 5.10 Å². The predicted molar refractivity (Wildman–Crippen MR) is 84.5 cm³/mol. The van der Waals surface area contributed by atoms with E-state index in [0.717, 1.165) is 11.3 Å². The fourth-order valence-electron chi connectivity index (χ4n) is 2.16. The predicted octanol–water partition coefficient (Wildman–Crippen LogP) is 0.916. The molecule has 0 saturated carbocycles. The van der Waals surface area contributed by atoms with Crippen molar-refractivity contribution in [2.24, 2.45) is 0 Å². The molecule has 23 heavy (non-hydrogen) atoms. The van der Waals surface area contributed by atoms with Gasteiger partial charge in [0, 0.05) is 23.8 Å². The number of nitrogen functional groups attached to an aromatic ring is 1. The zero-order valence-corrected chi connectivity index (χ0v) is 14.6. The van der Waals surface area contributed by atoms with Crippen molar-refractivity contribution in [2.45, 2.75) is 32.6 Å². The van der Waals surface area contributed by atoms with Crippen molar-refractivity contribution < 1.29 is 22.5 Å². The number of aromatic nitrogens is 2. The molecule has 0 unspecified atom stereocenters. The van der Waals surface area contributed by atoms with Crippen LogP contribution in [-0.4, -0.2) is 25.2 Å². The van der Waals surface area contributed by atoms with E-state index >= 15 is 0 Å².